The molecule has 0 aromatic carbocycles. The third kappa shape index (κ3) is 26.8. The van der Waals surface area contributed by atoms with Crippen LogP contribution in [0.2, 0.25) is 0 Å². The first kappa shape index (κ1) is 43.0. The highest BCUT2D eigenvalue weighted by molar-refractivity contribution is 4.92. The second-order valence-electron chi connectivity index (χ2n) is 15.8. The van der Waals surface area contributed by atoms with E-state index in [1.807, 2.05) is 0 Å². The molecular weight excluding hydrogens is 518 g/mol. The van der Waals surface area contributed by atoms with Crippen LogP contribution in [0.1, 0.15) is 254 Å². The summed E-state index contributed by atoms with van der Waals surface area (Å²) in [5.41, 5.74) is 0.614. The Hall–Kier alpha value is -0.0400. The molecule has 0 bridgehead atoms. The molecule has 0 aliphatic rings. The fraction of sp³-hybridized carbons (Fsp3) is 1.00. The van der Waals surface area contributed by atoms with Gasteiger partial charge >= 0.3 is 0 Å². The maximum absolute atomic E-state index is 2.98. The standard InChI is InChI=1S/C42H87N/c1-8-11-14-17-20-23-26-29-32-35-38-41(4,5)43(40-37-34-31-28-25-22-19-16-13-10-3)42(6,7)39-36-33-30-27-24-21-18-15-12-9-2/h8-40H2,1-7H3. The molecule has 0 atom stereocenters. The van der Waals surface area contributed by atoms with Gasteiger partial charge in [0.25, 0.3) is 0 Å². The largest absolute Gasteiger partial charge is 0.293 e. The Morgan fingerprint density at radius 3 is 0.744 bits per heavy atom. The van der Waals surface area contributed by atoms with Crippen molar-refractivity contribution in [2.45, 2.75) is 265 Å². The monoisotopic (exact) mass is 606 g/mol. The molecule has 0 aliphatic carbocycles. The van der Waals surface area contributed by atoms with Crippen molar-refractivity contribution < 1.29 is 0 Å². The quantitative estimate of drug-likeness (QED) is 0.0649. The van der Waals surface area contributed by atoms with Gasteiger partial charge in [0.05, 0.1) is 0 Å². The highest BCUT2D eigenvalue weighted by Crippen LogP contribution is 2.34. The van der Waals surface area contributed by atoms with Gasteiger partial charge in [0, 0.05) is 11.1 Å². The summed E-state index contributed by atoms with van der Waals surface area (Å²) in [5.74, 6) is 0. The summed E-state index contributed by atoms with van der Waals surface area (Å²) in [6.07, 6.45) is 45.8. The van der Waals surface area contributed by atoms with E-state index in [4.69, 9.17) is 0 Å². The van der Waals surface area contributed by atoms with E-state index in [9.17, 15) is 0 Å². The van der Waals surface area contributed by atoms with E-state index >= 15 is 0 Å². The molecule has 260 valence electrons. The molecule has 0 amide bonds. The van der Waals surface area contributed by atoms with Crippen LogP contribution >= 0.6 is 0 Å². The molecular formula is C42H87N. The van der Waals surface area contributed by atoms with E-state index < -0.39 is 0 Å². The van der Waals surface area contributed by atoms with Crippen LogP contribution in [0.3, 0.4) is 0 Å². The first-order valence-corrected chi connectivity index (χ1v) is 20.6. The minimum atomic E-state index is 0.307. The van der Waals surface area contributed by atoms with Crippen LogP contribution in [0.4, 0.5) is 0 Å². The van der Waals surface area contributed by atoms with Crippen LogP contribution in [-0.2, 0) is 0 Å². The predicted molar refractivity (Wildman–Crippen MR) is 200 cm³/mol. The third-order valence-corrected chi connectivity index (χ3v) is 10.5. The topological polar surface area (TPSA) is 3.24 Å². The van der Waals surface area contributed by atoms with E-state index in [1.54, 1.807) is 0 Å². The second kappa shape index (κ2) is 30.6. The first-order valence-electron chi connectivity index (χ1n) is 20.6. The Morgan fingerprint density at radius 2 is 0.488 bits per heavy atom. The van der Waals surface area contributed by atoms with Crippen LogP contribution in [0.25, 0.3) is 0 Å². The van der Waals surface area contributed by atoms with Crippen molar-refractivity contribution >= 4 is 0 Å². The molecule has 0 radical (unpaired) electrons. The van der Waals surface area contributed by atoms with Crippen LogP contribution in [0.5, 0.6) is 0 Å². The lowest BCUT2D eigenvalue weighted by Crippen LogP contribution is -2.55. The lowest BCUT2D eigenvalue weighted by Gasteiger charge is -2.49. The lowest BCUT2D eigenvalue weighted by molar-refractivity contribution is 0.00151. The molecule has 0 aromatic rings. The SMILES string of the molecule is CCCCCCCCCCCCN(C(C)(C)CCCCCCCCCCCC)C(C)(C)CCCCCCCCCCCC. The van der Waals surface area contributed by atoms with Crippen molar-refractivity contribution in [3.8, 4) is 0 Å². The smallest absolute Gasteiger partial charge is 0.0158 e. The van der Waals surface area contributed by atoms with Gasteiger partial charge in [-0.05, 0) is 53.5 Å². The van der Waals surface area contributed by atoms with Gasteiger partial charge in [-0.1, -0.05) is 207 Å². The molecule has 0 rings (SSSR count). The molecule has 0 aromatic heterocycles. The fourth-order valence-corrected chi connectivity index (χ4v) is 7.54. The maximum Gasteiger partial charge on any atom is 0.0158 e. The summed E-state index contributed by atoms with van der Waals surface area (Å²) in [4.78, 5) is 2.98. The number of nitrogens with zero attached hydrogens (tertiary/aromatic N) is 1. The van der Waals surface area contributed by atoms with Crippen molar-refractivity contribution in [3.05, 3.63) is 0 Å². The van der Waals surface area contributed by atoms with Crippen molar-refractivity contribution in [1.29, 1.82) is 0 Å². The van der Waals surface area contributed by atoms with Crippen LogP contribution in [-0.4, -0.2) is 22.5 Å². The van der Waals surface area contributed by atoms with Gasteiger partial charge in [-0.3, -0.25) is 4.90 Å². The third-order valence-electron chi connectivity index (χ3n) is 10.5. The molecule has 0 heterocycles. The summed E-state index contributed by atoms with van der Waals surface area (Å²) in [7, 11) is 0. The van der Waals surface area contributed by atoms with Gasteiger partial charge in [0.15, 0.2) is 0 Å². The summed E-state index contributed by atoms with van der Waals surface area (Å²) < 4.78 is 0. The average Bonchev–Trinajstić information content (AvgIpc) is 2.97. The molecule has 0 spiro atoms. The van der Waals surface area contributed by atoms with Gasteiger partial charge in [-0.2, -0.15) is 0 Å². The lowest BCUT2D eigenvalue weighted by atomic mass is 9.85. The zero-order valence-electron chi connectivity index (χ0n) is 31.8. The van der Waals surface area contributed by atoms with Crippen molar-refractivity contribution in [3.63, 3.8) is 0 Å². The van der Waals surface area contributed by atoms with E-state index in [2.05, 4.69) is 53.4 Å². The van der Waals surface area contributed by atoms with Gasteiger partial charge in [0.2, 0.25) is 0 Å². The van der Waals surface area contributed by atoms with E-state index in [1.165, 1.54) is 212 Å². The Balaban J connectivity index is 4.57. The van der Waals surface area contributed by atoms with E-state index in [-0.39, 0.29) is 0 Å². The zero-order valence-corrected chi connectivity index (χ0v) is 31.8. The molecule has 0 saturated carbocycles. The zero-order chi connectivity index (χ0) is 31.9. The molecule has 0 fully saturated rings. The number of rotatable bonds is 35. The molecule has 1 nitrogen and oxygen atoms in total. The van der Waals surface area contributed by atoms with Crippen LogP contribution in [0.15, 0.2) is 0 Å². The Morgan fingerprint density at radius 1 is 0.279 bits per heavy atom. The highest BCUT2D eigenvalue weighted by atomic mass is 15.2. The minimum absolute atomic E-state index is 0.307. The number of unbranched alkanes of at least 4 members (excludes halogenated alkanes) is 27. The normalized spacial score (nSPS) is 12.6. The Kier molecular flexibility index (Phi) is 30.6. The van der Waals surface area contributed by atoms with Crippen molar-refractivity contribution in [2.75, 3.05) is 6.54 Å². The van der Waals surface area contributed by atoms with Crippen molar-refractivity contribution in [1.82, 2.24) is 4.90 Å². The van der Waals surface area contributed by atoms with Gasteiger partial charge in [-0.25, -0.2) is 0 Å². The summed E-state index contributed by atoms with van der Waals surface area (Å²) >= 11 is 0. The van der Waals surface area contributed by atoms with Gasteiger partial charge < -0.3 is 0 Å². The fourth-order valence-electron chi connectivity index (χ4n) is 7.54. The molecule has 43 heavy (non-hydrogen) atoms. The van der Waals surface area contributed by atoms with E-state index in [0.29, 0.717) is 11.1 Å². The maximum atomic E-state index is 2.98. The first-order chi connectivity index (χ1) is 20.8. The van der Waals surface area contributed by atoms with E-state index in [0.717, 1.165) is 0 Å². The predicted octanol–water partition coefficient (Wildman–Crippen LogP) is 15.4. The molecule has 0 saturated heterocycles. The summed E-state index contributed by atoms with van der Waals surface area (Å²) in [5, 5.41) is 0. The summed E-state index contributed by atoms with van der Waals surface area (Å²) in [6, 6.07) is 0. The number of hydrogen-bond donors (Lipinski definition) is 0. The Bertz CT molecular complexity index is 499. The summed E-state index contributed by atoms with van der Waals surface area (Å²) in [6.45, 7) is 18.6. The van der Waals surface area contributed by atoms with Crippen molar-refractivity contribution in [2.24, 2.45) is 0 Å². The molecule has 0 unspecified atom stereocenters. The highest BCUT2D eigenvalue weighted by Gasteiger charge is 2.36. The van der Waals surface area contributed by atoms with Gasteiger partial charge in [-0.15, -0.1) is 0 Å². The molecule has 0 N–H and O–H groups in total. The van der Waals surface area contributed by atoms with Gasteiger partial charge in [0.1, 0.15) is 0 Å². The molecule has 0 aliphatic heterocycles. The minimum Gasteiger partial charge on any atom is -0.293 e. The second-order valence-corrected chi connectivity index (χ2v) is 15.8. The average molecular weight is 606 g/mol. The number of hydrogen-bond acceptors (Lipinski definition) is 1. The van der Waals surface area contributed by atoms with Crippen LogP contribution in [0, 0.1) is 0 Å². The molecule has 1 heteroatoms. The van der Waals surface area contributed by atoms with Crippen LogP contribution < -0.4 is 0 Å². The Labute approximate surface area is 275 Å².